The number of fused-ring (bicyclic) bond motifs is 1. The third kappa shape index (κ3) is 5.05. The Kier molecular flexibility index (Phi) is 6.79. The van der Waals surface area contributed by atoms with Crippen molar-refractivity contribution in [3.05, 3.63) is 59.7 Å². The van der Waals surface area contributed by atoms with Gasteiger partial charge in [0.15, 0.2) is 5.11 Å². The fourth-order valence-corrected chi connectivity index (χ4v) is 3.33. The molecule has 1 amide bonds. The molecule has 0 radical (unpaired) electrons. The molecule has 0 aliphatic carbocycles. The molecule has 6 heteroatoms. The van der Waals surface area contributed by atoms with Gasteiger partial charge in [-0.2, -0.15) is 0 Å². The largest absolute Gasteiger partial charge is 0.491 e. The Morgan fingerprint density at radius 1 is 1.15 bits per heavy atom. The van der Waals surface area contributed by atoms with Crippen LogP contribution in [0.3, 0.4) is 0 Å². The first-order valence-corrected chi connectivity index (χ1v) is 9.61. The van der Waals surface area contributed by atoms with E-state index in [-0.39, 0.29) is 5.91 Å². The first-order valence-electron chi connectivity index (χ1n) is 9.20. The summed E-state index contributed by atoms with van der Waals surface area (Å²) >= 11 is 5.49. The number of nitrogens with zero attached hydrogens (tertiary/aromatic N) is 1. The topological polar surface area (TPSA) is 50.8 Å². The lowest BCUT2D eigenvalue weighted by molar-refractivity contribution is 0.0976. The molecule has 0 atom stereocenters. The van der Waals surface area contributed by atoms with E-state index in [1.807, 2.05) is 30.0 Å². The maximum atomic E-state index is 12.5. The molecule has 0 unspecified atom stereocenters. The van der Waals surface area contributed by atoms with Crippen LogP contribution in [-0.4, -0.2) is 37.4 Å². The molecule has 2 aromatic carbocycles. The number of para-hydroxylation sites is 1. The number of thiocarbonyl (C=S) groups is 1. The van der Waals surface area contributed by atoms with Gasteiger partial charge in [-0.25, -0.2) is 0 Å². The van der Waals surface area contributed by atoms with Crippen LogP contribution in [0.25, 0.3) is 0 Å². The highest BCUT2D eigenvalue weighted by Crippen LogP contribution is 2.26. The van der Waals surface area contributed by atoms with Gasteiger partial charge in [0.1, 0.15) is 12.4 Å². The van der Waals surface area contributed by atoms with E-state index in [9.17, 15) is 4.79 Å². The Hall–Kier alpha value is -2.44. The van der Waals surface area contributed by atoms with Crippen molar-refractivity contribution in [1.29, 1.82) is 0 Å². The van der Waals surface area contributed by atoms with E-state index in [0.29, 0.717) is 36.2 Å². The molecule has 5 nitrogen and oxygen atoms in total. The number of ether oxygens (including phenoxy) is 2. The van der Waals surface area contributed by atoms with Crippen molar-refractivity contribution >= 4 is 28.9 Å². The smallest absolute Gasteiger partial charge is 0.257 e. The normalized spacial score (nSPS) is 13.0. The van der Waals surface area contributed by atoms with Crippen LogP contribution in [0.2, 0.25) is 0 Å². The zero-order chi connectivity index (χ0) is 19.1. The molecular weight excluding hydrogens is 360 g/mol. The number of rotatable bonds is 6. The first kappa shape index (κ1) is 19.3. The lowest BCUT2D eigenvalue weighted by Gasteiger charge is -2.31. The minimum absolute atomic E-state index is 0.219. The van der Waals surface area contributed by atoms with Crippen molar-refractivity contribution in [1.82, 2.24) is 5.32 Å². The Morgan fingerprint density at radius 3 is 2.70 bits per heavy atom. The number of nitrogens with one attached hydrogen (secondary N) is 1. The SMILES string of the molecule is CCOCCOc1ccc(C(=O)NC(=S)N2CCCc3ccccc32)cc1. The number of carbonyl (C=O) groups excluding carboxylic acids is 1. The van der Waals surface area contributed by atoms with E-state index in [0.717, 1.165) is 25.1 Å². The molecule has 0 saturated carbocycles. The average Bonchev–Trinajstić information content (AvgIpc) is 2.71. The number of hydrogen-bond donors (Lipinski definition) is 1. The lowest BCUT2D eigenvalue weighted by Crippen LogP contribution is -2.45. The zero-order valence-electron chi connectivity index (χ0n) is 15.4. The van der Waals surface area contributed by atoms with Gasteiger partial charge in [-0.15, -0.1) is 0 Å². The van der Waals surface area contributed by atoms with Crippen molar-refractivity contribution in [2.75, 3.05) is 31.3 Å². The predicted octanol–water partition coefficient (Wildman–Crippen LogP) is 3.57. The number of aryl methyl sites for hydroxylation is 1. The third-order valence-electron chi connectivity index (χ3n) is 4.39. The average molecular weight is 385 g/mol. The summed E-state index contributed by atoms with van der Waals surface area (Å²) in [6.07, 6.45) is 2.05. The molecule has 3 rings (SSSR count). The summed E-state index contributed by atoms with van der Waals surface area (Å²) in [5, 5.41) is 3.28. The van der Waals surface area contributed by atoms with Crippen molar-refractivity contribution in [3.63, 3.8) is 0 Å². The van der Waals surface area contributed by atoms with E-state index < -0.39 is 0 Å². The van der Waals surface area contributed by atoms with Gasteiger partial charge in [0.2, 0.25) is 0 Å². The Balaban J connectivity index is 1.58. The van der Waals surface area contributed by atoms with E-state index in [4.69, 9.17) is 21.7 Å². The summed E-state index contributed by atoms with van der Waals surface area (Å²) in [7, 11) is 0. The highest BCUT2D eigenvalue weighted by molar-refractivity contribution is 7.80. The second-order valence-corrected chi connectivity index (χ2v) is 6.60. The van der Waals surface area contributed by atoms with Crippen LogP contribution in [0.15, 0.2) is 48.5 Å². The second-order valence-electron chi connectivity index (χ2n) is 6.21. The van der Waals surface area contributed by atoms with Gasteiger partial charge >= 0.3 is 0 Å². The summed E-state index contributed by atoms with van der Waals surface area (Å²) in [5.74, 6) is 0.489. The van der Waals surface area contributed by atoms with Crippen molar-refractivity contribution < 1.29 is 14.3 Å². The molecule has 1 aliphatic heterocycles. The minimum Gasteiger partial charge on any atom is -0.491 e. The molecule has 0 fully saturated rings. The summed E-state index contributed by atoms with van der Waals surface area (Å²) in [6.45, 7) is 4.45. The van der Waals surface area contributed by atoms with Crippen LogP contribution >= 0.6 is 12.2 Å². The zero-order valence-corrected chi connectivity index (χ0v) is 16.3. The van der Waals surface area contributed by atoms with E-state index in [1.165, 1.54) is 5.56 Å². The fraction of sp³-hybridized carbons (Fsp3) is 0.333. The van der Waals surface area contributed by atoms with Crippen molar-refractivity contribution in [2.45, 2.75) is 19.8 Å². The lowest BCUT2D eigenvalue weighted by atomic mass is 10.0. The Bertz CT molecular complexity index is 792. The fourth-order valence-electron chi connectivity index (χ4n) is 3.05. The van der Waals surface area contributed by atoms with Gasteiger partial charge in [0.25, 0.3) is 5.91 Å². The molecule has 0 bridgehead atoms. The van der Waals surface area contributed by atoms with E-state index in [1.54, 1.807) is 24.3 Å². The monoisotopic (exact) mass is 384 g/mol. The van der Waals surface area contributed by atoms with Crippen molar-refractivity contribution in [2.24, 2.45) is 0 Å². The van der Waals surface area contributed by atoms with Crippen LogP contribution in [-0.2, 0) is 11.2 Å². The number of anilines is 1. The maximum Gasteiger partial charge on any atom is 0.257 e. The number of hydrogen-bond acceptors (Lipinski definition) is 4. The summed E-state index contributed by atoms with van der Waals surface area (Å²) in [5.41, 5.74) is 2.88. The van der Waals surface area contributed by atoms with Crippen molar-refractivity contribution in [3.8, 4) is 5.75 Å². The quantitative estimate of drug-likeness (QED) is 0.610. The summed E-state index contributed by atoms with van der Waals surface area (Å²) < 4.78 is 10.8. The molecule has 2 aromatic rings. The van der Waals surface area contributed by atoms with Gasteiger partial charge in [-0.05, 0) is 67.9 Å². The predicted molar refractivity (Wildman–Crippen MR) is 111 cm³/mol. The van der Waals surface area contributed by atoms with Gasteiger partial charge in [0, 0.05) is 24.4 Å². The molecule has 142 valence electrons. The first-order chi connectivity index (χ1) is 13.2. The standard InChI is InChI=1S/C21H24N2O3S/c1-2-25-14-15-26-18-11-9-17(10-12-18)20(24)22-21(27)23-13-5-7-16-6-3-4-8-19(16)23/h3-4,6,8-12H,2,5,7,13-15H2,1H3,(H,22,24,27). The molecular formula is C21H24N2O3S. The summed E-state index contributed by atoms with van der Waals surface area (Å²) in [6, 6.07) is 15.2. The minimum atomic E-state index is -0.219. The molecule has 27 heavy (non-hydrogen) atoms. The van der Waals surface area contributed by atoms with Gasteiger partial charge in [-0.1, -0.05) is 18.2 Å². The van der Waals surface area contributed by atoms with Gasteiger partial charge < -0.3 is 14.4 Å². The second kappa shape index (κ2) is 9.48. The Morgan fingerprint density at radius 2 is 1.93 bits per heavy atom. The molecule has 0 saturated heterocycles. The van der Waals surface area contributed by atoms with Crippen LogP contribution in [0.5, 0.6) is 5.75 Å². The molecule has 1 aliphatic rings. The number of carbonyl (C=O) groups is 1. The third-order valence-corrected chi connectivity index (χ3v) is 4.72. The van der Waals surface area contributed by atoms with Crippen LogP contribution < -0.4 is 15.0 Å². The van der Waals surface area contributed by atoms with Crippen LogP contribution in [0.4, 0.5) is 5.69 Å². The van der Waals surface area contributed by atoms with E-state index in [2.05, 4.69) is 11.4 Å². The van der Waals surface area contributed by atoms with Gasteiger partial charge in [0.05, 0.1) is 6.61 Å². The number of amides is 1. The van der Waals surface area contributed by atoms with E-state index >= 15 is 0 Å². The maximum absolute atomic E-state index is 12.5. The molecule has 1 N–H and O–H groups in total. The van der Waals surface area contributed by atoms with Gasteiger partial charge in [-0.3, -0.25) is 10.1 Å². The molecule has 1 heterocycles. The Labute approximate surface area is 165 Å². The summed E-state index contributed by atoms with van der Waals surface area (Å²) in [4.78, 5) is 14.5. The molecule has 0 spiro atoms. The highest BCUT2D eigenvalue weighted by atomic mass is 32.1. The van der Waals surface area contributed by atoms with Crippen LogP contribution in [0, 0.1) is 0 Å². The number of benzene rings is 2. The van der Waals surface area contributed by atoms with Crippen LogP contribution in [0.1, 0.15) is 29.3 Å². The molecule has 0 aromatic heterocycles. The highest BCUT2D eigenvalue weighted by Gasteiger charge is 2.21.